The van der Waals surface area contributed by atoms with Crippen LogP contribution in [0.2, 0.25) is 0 Å². The predicted octanol–water partition coefficient (Wildman–Crippen LogP) is 0.894. The molecular formula is C9H16O3. The first kappa shape index (κ1) is 9.68. The maximum atomic E-state index is 10.9. The summed E-state index contributed by atoms with van der Waals surface area (Å²) in [7, 11) is 0. The Hall–Kier alpha value is -0.410. The van der Waals surface area contributed by atoms with Gasteiger partial charge in [-0.15, -0.1) is 0 Å². The molecule has 3 heteroatoms. The molecule has 1 saturated carbocycles. The SMILES string of the molecule is CC(C)(C)OC1CCC(=O)C1O. The highest BCUT2D eigenvalue weighted by Crippen LogP contribution is 2.23. The van der Waals surface area contributed by atoms with E-state index in [0.29, 0.717) is 12.8 Å². The standard InChI is InChI=1S/C9H16O3/c1-9(2,3)12-7-5-4-6(10)8(7)11/h7-8,11H,4-5H2,1-3H3. The summed E-state index contributed by atoms with van der Waals surface area (Å²) in [5.74, 6) is -0.0933. The molecule has 1 aliphatic rings. The van der Waals surface area contributed by atoms with Crippen LogP contribution in [0.5, 0.6) is 0 Å². The van der Waals surface area contributed by atoms with Crippen molar-refractivity contribution in [2.45, 2.75) is 51.4 Å². The fraction of sp³-hybridized carbons (Fsp3) is 0.889. The number of hydrogen-bond acceptors (Lipinski definition) is 3. The number of aliphatic hydroxyl groups excluding tert-OH is 1. The van der Waals surface area contributed by atoms with E-state index in [4.69, 9.17) is 4.74 Å². The molecule has 2 unspecified atom stereocenters. The van der Waals surface area contributed by atoms with E-state index < -0.39 is 6.10 Å². The van der Waals surface area contributed by atoms with Gasteiger partial charge < -0.3 is 9.84 Å². The Kier molecular flexibility index (Phi) is 2.54. The van der Waals surface area contributed by atoms with Gasteiger partial charge >= 0.3 is 0 Å². The van der Waals surface area contributed by atoms with Gasteiger partial charge in [-0.2, -0.15) is 0 Å². The van der Waals surface area contributed by atoms with E-state index in [9.17, 15) is 9.90 Å². The van der Waals surface area contributed by atoms with Crippen LogP contribution in [0.15, 0.2) is 0 Å². The highest BCUT2D eigenvalue weighted by atomic mass is 16.5. The normalized spacial score (nSPS) is 31.2. The van der Waals surface area contributed by atoms with Crippen molar-refractivity contribution >= 4 is 5.78 Å². The van der Waals surface area contributed by atoms with E-state index in [1.807, 2.05) is 20.8 Å². The molecule has 0 amide bonds. The first-order chi connectivity index (χ1) is 5.40. The molecule has 70 valence electrons. The molecule has 0 bridgehead atoms. The molecule has 3 nitrogen and oxygen atoms in total. The molecule has 2 atom stereocenters. The monoisotopic (exact) mass is 172 g/mol. The lowest BCUT2D eigenvalue weighted by atomic mass is 10.1. The topological polar surface area (TPSA) is 46.5 Å². The van der Waals surface area contributed by atoms with Crippen molar-refractivity contribution in [3.63, 3.8) is 0 Å². The van der Waals surface area contributed by atoms with E-state index in [2.05, 4.69) is 0 Å². The Bertz CT molecular complexity index is 181. The molecule has 0 radical (unpaired) electrons. The van der Waals surface area contributed by atoms with Crippen LogP contribution in [0.3, 0.4) is 0 Å². The molecule has 1 fully saturated rings. The molecule has 0 spiro atoms. The maximum Gasteiger partial charge on any atom is 0.164 e. The molecule has 0 heterocycles. The van der Waals surface area contributed by atoms with Gasteiger partial charge in [-0.05, 0) is 27.2 Å². The Balaban J connectivity index is 2.50. The van der Waals surface area contributed by atoms with Crippen LogP contribution in [0.1, 0.15) is 33.6 Å². The molecule has 0 aromatic heterocycles. The highest BCUT2D eigenvalue weighted by molar-refractivity contribution is 5.85. The molecule has 1 N–H and O–H groups in total. The number of hydrogen-bond donors (Lipinski definition) is 1. The molecule has 0 aromatic carbocycles. The zero-order valence-corrected chi connectivity index (χ0v) is 7.83. The maximum absolute atomic E-state index is 10.9. The number of carbonyl (C=O) groups is 1. The van der Waals surface area contributed by atoms with Crippen molar-refractivity contribution < 1.29 is 14.6 Å². The summed E-state index contributed by atoms with van der Waals surface area (Å²) in [6, 6.07) is 0. The summed E-state index contributed by atoms with van der Waals surface area (Å²) in [4.78, 5) is 10.9. The quantitative estimate of drug-likeness (QED) is 0.639. The van der Waals surface area contributed by atoms with Crippen molar-refractivity contribution in [2.24, 2.45) is 0 Å². The Labute approximate surface area is 72.7 Å². The second-order valence-electron chi connectivity index (χ2n) is 4.22. The van der Waals surface area contributed by atoms with Gasteiger partial charge in [-0.1, -0.05) is 0 Å². The van der Waals surface area contributed by atoms with Crippen LogP contribution in [0, 0.1) is 0 Å². The number of aliphatic hydroxyl groups is 1. The molecule has 0 saturated heterocycles. The minimum absolute atomic E-state index is 0.0933. The van der Waals surface area contributed by atoms with Crippen LogP contribution in [0.25, 0.3) is 0 Å². The van der Waals surface area contributed by atoms with Gasteiger partial charge in [-0.3, -0.25) is 4.79 Å². The number of Topliss-reactive ketones (excluding diaryl/α,β-unsaturated/α-hetero) is 1. The Morgan fingerprint density at radius 2 is 2.08 bits per heavy atom. The van der Waals surface area contributed by atoms with Gasteiger partial charge in [0.15, 0.2) is 5.78 Å². The first-order valence-corrected chi connectivity index (χ1v) is 4.29. The zero-order valence-electron chi connectivity index (χ0n) is 7.83. The lowest BCUT2D eigenvalue weighted by Crippen LogP contribution is -2.34. The highest BCUT2D eigenvalue weighted by Gasteiger charge is 2.35. The molecule has 1 rings (SSSR count). The van der Waals surface area contributed by atoms with E-state index >= 15 is 0 Å². The summed E-state index contributed by atoms with van der Waals surface area (Å²) in [6.45, 7) is 5.76. The number of ether oxygens (including phenoxy) is 1. The van der Waals surface area contributed by atoms with Crippen LogP contribution in [-0.2, 0) is 9.53 Å². The molecule has 0 aliphatic heterocycles. The van der Waals surface area contributed by atoms with Gasteiger partial charge in [-0.25, -0.2) is 0 Å². The van der Waals surface area contributed by atoms with Gasteiger partial charge in [0, 0.05) is 6.42 Å². The van der Waals surface area contributed by atoms with Crippen molar-refractivity contribution in [2.75, 3.05) is 0 Å². The first-order valence-electron chi connectivity index (χ1n) is 4.29. The Morgan fingerprint density at radius 1 is 1.50 bits per heavy atom. The van der Waals surface area contributed by atoms with Gasteiger partial charge in [0.2, 0.25) is 0 Å². The van der Waals surface area contributed by atoms with Crippen molar-refractivity contribution in [1.29, 1.82) is 0 Å². The summed E-state index contributed by atoms with van der Waals surface area (Å²) >= 11 is 0. The van der Waals surface area contributed by atoms with E-state index in [1.165, 1.54) is 0 Å². The minimum atomic E-state index is -0.899. The minimum Gasteiger partial charge on any atom is -0.383 e. The molecule has 1 aliphatic carbocycles. The average molecular weight is 172 g/mol. The molecule has 12 heavy (non-hydrogen) atoms. The van der Waals surface area contributed by atoms with Gasteiger partial charge in [0.25, 0.3) is 0 Å². The largest absolute Gasteiger partial charge is 0.383 e. The van der Waals surface area contributed by atoms with E-state index in [-0.39, 0.29) is 17.5 Å². The fourth-order valence-corrected chi connectivity index (χ4v) is 1.38. The number of rotatable bonds is 1. The molecule has 0 aromatic rings. The van der Waals surface area contributed by atoms with E-state index in [0.717, 1.165) is 0 Å². The average Bonchev–Trinajstić information content (AvgIpc) is 2.16. The third-order valence-electron chi connectivity index (χ3n) is 1.86. The second kappa shape index (κ2) is 3.15. The number of carbonyl (C=O) groups excluding carboxylic acids is 1. The third-order valence-corrected chi connectivity index (χ3v) is 1.86. The summed E-state index contributed by atoms with van der Waals surface area (Å²) in [6.07, 6.45) is -0.0964. The lowest BCUT2D eigenvalue weighted by molar-refractivity contribution is -0.135. The second-order valence-corrected chi connectivity index (χ2v) is 4.22. The van der Waals surface area contributed by atoms with Crippen molar-refractivity contribution in [1.82, 2.24) is 0 Å². The van der Waals surface area contributed by atoms with Crippen LogP contribution in [-0.4, -0.2) is 28.7 Å². The summed E-state index contributed by atoms with van der Waals surface area (Å²) in [5, 5.41) is 9.35. The number of ketones is 1. The van der Waals surface area contributed by atoms with Crippen LogP contribution >= 0.6 is 0 Å². The van der Waals surface area contributed by atoms with Crippen molar-refractivity contribution in [3.05, 3.63) is 0 Å². The van der Waals surface area contributed by atoms with Crippen molar-refractivity contribution in [3.8, 4) is 0 Å². The van der Waals surface area contributed by atoms with Crippen LogP contribution < -0.4 is 0 Å². The molecular weight excluding hydrogens is 156 g/mol. The fourth-order valence-electron chi connectivity index (χ4n) is 1.38. The smallest absolute Gasteiger partial charge is 0.164 e. The zero-order chi connectivity index (χ0) is 9.35. The lowest BCUT2D eigenvalue weighted by Gasteiger charge is -2.25. The van der Waals surface area contributed by atoms with Gasteiger partial charge in [0.1, 0.15) is 6.10 Å². The third kappa shape index (κ3) is 2.29. The van der Waals surface area contributed by atoms with Gasteiger partial charge in [0.05, 0.1) is 11.7 Å². The Morgan fingerprint density at radius 3 is 2.42 bits per heavy atom. The summed E-state index contributed by atoms with van der Waals surface area (Å²) in [5.41, 5.74) is -0.281. The summed E-state index contributed by atoms with van der Waals surface area (Å²) < 4.78 is 5.51. The van der Waals surface area contributed by atoms with E-state index in [1.54, 1.807) is 0 Å². The predicted molar refractivity (Wildman–Crippen MR) is 44.9 cm³/mol. The van der Waals surface area contributed by atoms with Crippen LogP contribution in [0.4, 0.5) is 0 Å².